The lowest BCUT2D eigenvalue weighted by Crippen LogP contribution is -2.44. The van der Waals surface area contributed by atoms with Crippen LogP contribution in [0.2, 0.25) is 0 Å². The molecule has 0 bridgehead atoms. The highest BCUT2D eigenvalue weighted by Crippen LogP contribution is 2.30. The molecule has 5 nitrogen and oxygen atoms in total. The first kappa shape index (κ1) is 14.0. The van der Waals surface area contributed by atoms with Crippen molar-refractivity contribution in [3.05, 3.63) is 21.4 Å². The minimum Gasteiger partial charge on any atom is -0.480 e. The molecule has 0 aliphatic heterocycles. The number of rotatable bonds is 5. The van der Waals surface area contributed by atoms with Gasteiger partial charge in [-0.3, -0.25) is 4.79 Å². The van der Waals surface area contributed by atoms with Crippen LogP contribution in [0.1, 0.15) is 33.6 Å². The lowest BCUT2D eigenvalue weighted by molar-refractivity contribution is -0.140. The number of aryl methyl sites for hydroxylation is 1. The highest BCUT2D eigenvalue weighted by molar-refractivity contribution is 7.10. The van der Waals surface area contributed by atoms with Gasteiger partial charge in [0.15, 0.2) is 6.04 Å². The van der Waals surface area contributed by atoms with Crippen molar-refractivity contribution in [1.82, 2.24) is 5.32 Å². The van der Waals surface area contributed by atoms with E-state index in [2.05, 4.69) is 5.32 Å². The highest BCUT2D eigenvalue weighted by atomic mass is 32.1. The van der Waals surface area contributed by atoms with Gasteiger partial charge in [0.2, 0.25) is 0 Å². The van der Waals surface area contributed by atoms with E-state index >= 15 is 0 Å². The Balaban J connectivity index is 2.11. The van der Waals surface area contributed by atoms with Crippen molar-refractivity contribution in [2.45, 2.75) is 31.7 Å². The molecule has 0 fully saturated rings. The Morgan fingerprint density at radius 1 is 1.47 bits per heavy atom. The molecule has 0 spiro atoms. The molecule has 1 amide bonds. The number of fused-ring (bicyclic) bond motifs is 1. The number of amides is 1. The predicted octanol–water partition coefficient (Wildman–Crippen LogP) is 1.46. The summed E-state index contributed by atoms with van der Waals surface area (Å²) < 4.78 is 4.80. The fourth-order valence-electron chi connectivity index (χ4n) is 2.26. The van der Waals surface area contributed by atoms with Gasteiger partial charge >= 0.3 is 5.97 Å². The molecule has 1 aromatic heterocycles. The Kier molecular flexibility index (Phi) is 4.55. The van der Waals surface area contributed by atoms with Gasteiger partial charge in [-0.1, -0.05) is 0 Å². The summed E-state index contributed by atoms with van der Waals surface area (Å²) in [4.78, 5) is 24.4. The van der Waals surface area contributed by atoms with E-state index in [-0.39, 0.29) is 12.5 Å². The molecule has 1 unspecified atom stereocenters. The van der Waals surface area contributed by atoms with E-state index < -0.39 is 12.0 Å². The summed E-state index contributed by atoms with van der Waals surface area (Å²) in [6, 6.07) is -1.00. The number of hydrogen-bond donors (Lipinski definition) is 2. The van der Waals surface area contributed by atoms with Crippen LogP contribution in [0.5, 0.6) is 0 Å². The summed E-state index contributed by atoms with van der Waals surface area (Å²) in [5.41, 5.74) is 1.72. The lowest BCUT2D eigenvalue weighted by atomic mass is 9.95. The molecule has 1 aliphatic rings. The number of carbonyl (C=O) groups is 2. The molecule has 2 rings (SSSR count). The second-order valence-corrected chi connectivity index (χ2v) is 5.54. The number of nitrogens with one attached hydrogen (secondary N) is 1. The first-order valence-electron chi connectivity index (χ1n) is 6.25. The van der Waals surface area contributed by atoms with Gasteiger partial charge in [-0.25, -0.2) is 4.79 Å². The van der Waals surface area contributed by atoms with Crippen molar-refractivity contribution in [2.24, 2.45) is 0 Å². The lowest BCUT2D eigenvalue weighted by Gasteiger charge is -2.15. The number of carboxylic acid groups (broad SMARTS) is 1. The minimum absolute atomic E-state index is 0.0343. The van der Waals surface area contributed by atoms with Crippen molar-refractivity contribution in [1.29, 1.82) is 0 Å². The average molecular weight is 283 g/mol. The Morgan fingerprint density at radius 2 is 2.21 bits per heavy atom. The zero-order chi connectivity index (χ0) is 13.8. The molecule has 0 saturated heterocycles. The van der Waals surface area contributed by atoms with Crippen LogP contribution in [0, 0.1) is 0 Å². The summed E-state index contributed by atoms with van der Waals surface area (Å²) in [5, 5.41) is 13.3. The zero-order valence-corrected chi connectivity index (χ0v) is 11.6. The summed E-state index contributed by atoms with van der Waals surface area (Å²) in [7, 11) is 1.41. The van der Waals surface area contributed by atoms with Crippen LogP contribution in [0.15, 0.2) is 5.38 Å². The van der Waals surface area contributed by atoms with E-state index in [1.165, 1.54) is 12.0 Å². The highest BCUT2D eigenvalue weighted by Gasteiger charge is 2.24. The first-order chi connectivity index (χ1) is 9.13. The van der Waals surface area contributed by atoms with Gasteiger partial charge in [-0.05, 0) is 31.2 Å². The molecule has 1 aliphatic carbocycles. The first-order valence-corrected chi connectivity index (χ1v) is 7.13. The van der Waals surface area contributed by atoms with Crippen LogP contribution in [-0.2, 0) is 22.4 Å². The second-order valence-electron chi connectivity index (χ2n) is 4.58. The third-order valence-corrected chi connectivity index (χ3v) is 4.33. The molecule has 6 heteroatoms. The van der Waals surface area contributed by atoms with Gasteiger partial charge in [0.25, 0.3) is 5.91 Å². The number of thiophene rings is 1. The monoisotopic (exact) mass is 283 g/mol. The number of methoxy groups -OCH3 is 1. The number of carbonyl (C=O) groups excluding carboxylic acids is 1. The van der Waals surface area contributed by atoms with Crippen LogP contribution in [0.4, 0.5) is 0 Å². The molecule has 1 atom stereocenters. The number of aliphatic carboxylic acids is 1. The molecule has 1 heterocycles. The average Bonchev–Trinajstić information content (AvgIpc) is 2.81. The minimum atomic E-state index is -1.08. The van der Waals surface area contributed by atoms with E-state index in [9.17, 15) is 9.59 Å². The molecule has 1 aromatic rings. The Hall–Kier alpha value is -1.40. The molecule has 19 heavy (non-hydrogen) atoms. The zero-order valence-electron chi connectivity index (χ0n) is 10.8. The molecule has 0 radical (unpaired) electrons. The van der Waals surface area contributed by atoms with Crippen molar-refractivity contribution in [2.75, 3.05) is 13.7 Å². The molecular formula is C13H17NO4S. The topological polar surface area (TPSA) is 75.6 Å². The molecule has 104 valence electrons. The quantitative estimate of drug-likeness (QED) is 0.857. The van der Waals surface area contributed by atoms with Crippen molar-refractivity contribution in [3.63, 3.8) is 0 Å². The van der Waals surface area contributed by atoms with Gasteiger partial charge in [0.05, 0.1) is 12.2 Å². The van der Waals surface area contributed by atoms with Gasteiger partial charge in [0, 0.05) is 17.4 Å². The Bertz CT molecular complexity index is 483. The van der Waals surface area contributed by atoms with Crippen LogP contribution in [-0.4, -0.2) is 36.7 Å². The summed E-state index contributed by atoms with van der Waals surface area (Å²) in [6.07, 6.45) is 4.18. The van der Waals surface area contributed by atoms with Crippen LogP contribution < -0.4 is 5.32 Å². The van der Waals surface area contributed by atoms with Crippen molar-refractivity contribution < 1.29 is 19.4 Å². The number of carboxylic acids is 1. The number of ether oxygens (including phenoxy) is 1. The molecule has 0 saturated carbocycles. The van der Waals surface area contributed by atoms with E-state index in [1.807, 2.05) is 5.38 Å². The summed E-state index contributed by atoms with van der Waals surface area (Å²) >= 11 is 1.59. The molecular weight excluding hydrogens is 266 g/mol. The fourth-order valence-corrected chi connectivity index (χ4v) is 3.39. The standard InChI is InChI=1S/C13H17NO4S/c1-18-6-10(13(16)17)14-12(15)9-7-19-11-5-3-2-4-8(9)11/h7,10H,2-6H2,1H3,(H,14,15)(H,16,17). The SMILES string of the molecule is COCC(NC(=O)c1csc2c1CCCC2)C(=O)O. The predicted molar refractivity (Wildman–Crippen MR) is 71.7 cm³/mol. The van der Waals surface area contributed by atoms with E-state index in [0.717, 1.165) is 31.2 Å². The van der Waals surface area contributed by atoms with Crippen LogP contribution in [0.25, 0.3) is 0 Å². The van der Waals surface area contributed by atoms with Gasteiger partial charge < -0.3 is 15.2 Å². The van der Waals surface area contributed by atoms with Gasteiger partial charge in [-0.2, -0.15) is 0 Å². The third kappa shape index (κ3) is 3.13. The van der Waals surface area contributed by atoms with E-state index in [4.69, 9.17) is 9.84 Å². The van der Waals surface area contributed by atoms with Crippen LogP contribution >= 0.6 is 11.3 Å². The van der Waals surface area contributed by atoms with Crippen molar-refractivity contribution >= 4 is 23.2 Å². The maximum atomic E-state index is 12.1. The van der Waals surface area contributed by atoms with Gasteiger partial charge in [-0.15, -0.1) is 11.3 Å². The van der Waals surface area contributed by atoms with Gasteiger partial charge in [0.1, 0.15) is 0 Å². The number of hydrogen-bond acceptors (Lipinski definition) is 4. The Morgan fingerprint density at radius 3 is 2.89 bits per heavy atom. The maximum Gasteiger partial charge on any atom is 0.328 e. The second kappa shape index (κ2) is 6.16. The third-order valence-electron chi connectivity index (χ3n) is 3.24. The summed E-state index contributed by atoms with van der Waals surface area (Å²) in [5.74, 6) is -1.40. The largest absolute Gasteiger partial charge is 0.480 e. The fraction of sp³-hybridized carbons (Fsp3) is 0.538. The molecule has 0 aromatic carbocycles. The van der Waals surface area contributed by atoms with E-state index in [0.29, 0.717) is 5.56 Å². The molecule has 2 N–H and O–H groups in total. The van der Waals surface area contributed by atoms with Crippen molar-refractivity contribution in [3.8, 4) is 0 Å². The maximum absolute atomic E-state index is 12.1. The normalized spacial score (nSPS) is 15.6. The van der Waals surface area contributed by atoms with Crippen LogP contribution in [0.3, 0.4) is 0 Å². The Labute approximate surface area is 115 Å². The summed E-state index contributed by atoms with van der Waals surface area (Å²) in [6.45, 7) is -0.0343. The van der Waals surface area contributed by atoms with E-state index in [1.54, 1.807) is 11.3 Å². The smallest absolute Gasteiger partial charge is 0.328 e.